The Morgan fingerprint density at radius 2 is 1.44 bits per heavy atom. The number of hydrogen-bond acceptors (Lipinski definition) is 5. The van der Waals surface area contributed by atoms with E-state index in [9.17, 15) is 19.5 Å². The van der Waals surface area contributed by atoms with Gasteiger partial charge in [0.1, 0.15) is 12.0 Å². The second kappa shape index (κ2) is 10.1. The van der Waals surface area contributed by atoms with Gasteiger partial charge in [0.05, 0.1) is 23.5 Å². The van der Waals surface area contributed by atoms with E-state index in [1.807, 2.05) is 91.0 Å². The summed E-state index contributed by atoms with van der Waals surface area (Å²) in [6.45, 7) is 0.0838. The summed E-state index contributed by atoms with van der Waals surface area (Å²) >= 11 is 0. The van der Waals surface area contributed by atoms with Crippen molar-refractivity contribution >= 4 is 29.3 Å². The van der Waals surface area contributed by atoms with E-state index in [-0.39, 0.29) is 18.5 Å². The van der Waals surface area contributed by atoms with Gasteiger partial charge >= 0.3 is 17.9 Å². The molecule has 0 saturated carbocycles. The highest BCUT2D eigenvalue weighted by atomic mass is 16.4. The Hall–Kier alpha value is -4.92. The van der Waals surface area contributed by atoms with Gasteiger partial charge in [-0.3, -0.25) is 9.69 Å². The van der Waals surface area contributed by atoms with Crippen molar-refractivity contribution in [3.05, 3.63) is 103 Å². The standard InChI is InChI=1S/C30H26N4O5/c35-28(27-31-24(19-39-27)20-10-4-1-5-11-20)34-23-16-17-25(34)26(29(36)37)32(18-23)30(38)33(21-12-6-2-7-13-21)22-14-8-3-9-15-22/h1-15,19,23,25-26H,16-18H2,(H,36,37)/t23-,25+,26-/m0/s1. The Kier molecular flexibility index (Phi) is 6.32. The fraction of sp³-hybridized carbons (Fsp3) is 0.200. The molecule has 2 aliphatic rings. The van der Waals surface area contributed by atoms with Crippen LogP contribution in [0.25, 0.3) is 11.3 Å². The molecule has 3 atom stereocenters. The second-order valence-corrected chi connectivity index (χ2v) is 9.64. The molecule has 6 rings (SSSR count). The summed E-state index contributed by atoms with van der Waals surface area (Å²) in [6, 6.07) is 24.9. The monoisotopic (exact) mass is 522 g/mol. The third kappa shape index (κ3) is 4.41. The predicted octanol–water partition coefficient (Wildman–Crippen LogP) is 5.04. The number of carboxylic acids is 1. The van der Waals surface area contributed by atoms with Gasteiger partial charge in [0.2, 0.25) is 0 Å². The molecule has 2 bridgehead atoms. The quantitative estimate of drug-likeness (QED) is 0.393. The predicted molar refractivity (Wildman–Crippen MR) is 143 cm³/mol. The zero-order chi connectivity index (χ0) is 26.9. The minimum absolute atomic E-state index is 0.0838. The van der Waals surface area contributed by atoms with Crippen LogP contribution in [0.15, 0.2) is 102 Å². The lowest BCUT2D eigenvalue weighted by Crippen LogP contribution is -2.66. The number of rotatable bonds is 5. The number of carbonyl (C=O) groups is 3. The smallest absolute Gasteiger partial charge is 0.329 e. The van der Waals surface area contributed by atoms with Gasteiger partial charge in [-0.1, -0.05) is 66.7 Å². The van der Waals surface area contributed by atoms with Crippen LogP contribution in [0.1, 0.15) is 23.5 Å². The lowest BCUT2D eigenvalue weighted by Gasteiger charge is -2.45. The maximum absolute atomic E-state index is 14.1. The van der Waals surface area contributed by atoms with Crippen molar-refractivity contribution in [3.63, 3.8) is 0 Å². The lowest BCUT2D eigenvalue weighted by molar-refractivity contribution is -0.145. The van der Waals surface area contributed by atoms with Crippen LogP contribution in [0, 0.1) is 0 Å². The van der Waals surface area contributed by atoms with Crippen LogP contribution >= 0.6 is 0 Å². The maximum atomic E-state index is 14.1. The van der Waals surface area contributed by atoms with Crippen molar-refractivity contribution in [2.45, 2.75) is 31.0 Å². The molecular formula is C30H26N4O5. The molecule has 4 aromatic rings. The van der Waals surface area contributed by atoms with Gasteiger partial charge in [-0.25, -0.2) is 14.6 Å². The molecule has 1 N–H and O–H groups in total. The normalized spacial score (nSPS) is 20.1. The summed E-state index contributed by atoms with van der Waals surface area (Å²) in [6.07, 6.45) is 2.46. The Labute approximate surface area is 224 Å². The summed E-state index contributed by atoms with van der Waals surface area (Å²) < 4.78 is 5.54. The highest BCUT2D eigenvalue weighted by Gasteiger charge is 2.54. The first-order valence-corrected chi connectivity index (χ1v) is 12.8. The second-order valence-electron chi connectivity index (χ2n) is 9.64. The molecule has 2 fully saturated rings. The third-order valence-electron chi connectivity index (χ3n) is 7.36. The zero-order valence-electron chi connectivity index (χ0n) is 21.0. The fourth-order valence-electron chi connectivity index (χ4n) is 5.64. The number of benzene rings is 3. The Morgan fingerprint density at radius 1 is 0.846 bits per heavy atom. The molecule has 0 spiro atoms. The van der Waals surface area contributed by atoms with E-state index in [1.54, 1.807) is 4.90 Å². The molecule has 9 nitrogen and oxygen atoms in total. The van der Waals surface area contributed by atoms with Gasteiger partial charge in [0.25, 0.3) is 5.89 Å². The van der Waals surface area contributed by atoms with Crippen LogP contribution < -0.4 is 4.90 Å². The lowest BCUT2D eigenvalue weighted by atomic mass is 10.0. The van der Waals surface area contributed by atoms with E-state index in [0.29, 0.717) is 29.9 Å². The number of aliphatic carboxylic acids is 1. The van der Waals surface area contributed by atoms with Gasteiger partial charge in [-0.05, 0) is 37.1 Å². The number of para-hydroxylation sites is 2. The van der Waals surface area contributed by atoms with Gasteiger partial charge in [-0.2, -0.15) is 0 Å². The summed E-state index contributed by atoms with van der Waals surface area (Å²) in [5, 5.41) is 10.3. The Morgan fingerprint density at radius 3 is 2.03 bits per heavy atom. The number of nitrogens with zero attached hydrogens (tertiary/aromatic N) is 4. The van der Waals surface area contributed by atoms with Crippen molar-refractivity contribution in [3.8, 4) is 11.3 Å². The Bertz CT molecular complexity index is 1450. The van der Waals surface area contributed by atoms with Crippen LogP contribution in [0.5, 0.6) is 0 Å². The number of carbonyl (C=O) groups excluding carboxylic acids is 2. The molecular weight excluding hydrogens is 496 g/mol. The van der Waals surface area contributed by atoms with Gasteiger partial charge in [-0.15, -0.1) is 0 Å². The van der Waals surface area contributed by atoms with Crippen molar-refractivity contribution in [1.82, 2.24) is 14.8 Å². The van der Waals surface area contributed by atoms with Crippen molar-refractivity contribution in [2.24, 2.45) is 0 Å². The molecule has 0 unspecified atom stereocenters. The minimum atomic E-state index is -1.22. The first-order chi connectivity index (χ1) is 19.0. The summed E-state index contributed by atoms with van der Waals surface area (Å²) in [7, 11) is 0. The van der Waals surface area contributed by atoms with Gasteiger partial charge in [0, 0.05) is 12.1 Å². The molecule has 0 radical (unpaired) electrons. The number of carboxylic acid groups (broad SMARTS) is 1. The van der Waals surface area contributed by atoms with E-state index in [0.717, 1.165) is 5.56 Å². The van der Waals surface area contributed by atoms with Gasteiger partial charge < -0.3 is 19.3 Å². The van der Waals surface area contributed by atoms with E-state index >= 15 is 0 Å². The summed E-state index contributed by atoms with van der Waals surface area (Å²) in [5.41, 5.74) is 2.58. The molecule has 2 saturated heterocycles. The number of aromatic nitrogens is 1. The number of anilines is 2. The molecule has 3 aromatic carbocycles. The third-order valence-corrected chi connectivity index (χ3v) is 7.36. The van der Waals surface area contributed by atoms with E-state index in [4.69, 9.17) is 4.42 Å². The fourth-order valence-corrected chi connectivity index (χ4v) is 5.64. The molecule has 3 amide bonds. The number of oxazole rings is 1. The van der Waals surface area contributed by atoms with E-state index in [2.05, 4.69) is 4.98 Å². The number of fused-ring (bicyclic) bond motifs is 2. The minimum Gasteiger partial charge on any atom is -0.480 e. The zero-order valence-corrected chi connectivity index (χ0v) is 21.0. The van der Waals surface area contributed by atoms with Crippen molar-refractivity contribution in [1.29, 1.82) is 0 Å². The number of amides is 3. The largest absolute Gasteiger partial charge is 0.480 e. The Balaban J connectivity index is 1.31. The first kappa shape index (κ1) is 24.4. The van der Waals surface area contributed by atoms with Crippen LogP contribution in [-0.4, -0.2) is 62.5 Å². The summed E-state index contributed by atoms with van der Waals surface area (Å²) in [5.74, 6) is -1.72. The average molecular weight is 523 g/mol. The van der Waals surface area contributed by atoms with E-state index < -0.39 is 30.0 Å². The number of hydrogen-bond donors (Lipinski definition) is 1. The molecule has 39 heavy (non-hydrogen) atoms. The number of piperazine rings is 1. The summed E-state index contributed by atoms with van der Waals surface area (Å²) in [4.78, 5) is 49.2. The number of likely N-dealkylation sites (tertiary alicyclic amines) is 1. The average Bonchev–Trinajstić information content (AvgIpc) is 3.58. The SMILES string of the molecule is O=C(O)[C@@H]1[C@H]2CC[C@@H](CN1C(=O)N(c1ccccc1)c1ccccc1)N2C(=O)c1nc(-c2ccccc2)co1. The highest BCUT2D eigenvalue weighted by Crippen LogP contribution is 2.38. The molecule has 3 heterocycles. The molecule has 1 aromatic heterocycles. The van der Waals surface area contributed by atoms with Crippen LogP contribution in [0.3, 0.4) is 0 Å². The first-order valence-electron chi connectivity index (χ1n) is 12.8. The molecule has 0 aliphatic carbocycles. The van der Waals surface area contributed by atoms with Crippen LogP contribution in [0.2, 0.25) is 0 Å². The van der Waals surface area contributed by atoms with Gasteiger partial charge in [0.15, 0.2) is 6.04 Å². The van der Waals surface area contributed by atoms with Crippen molar-refractivity contribution in [2.75, 3.05) is 11.4 Å². The van der Waals surface area contributed by atoms with E-state index in [1.165, 1.54) is 16.1 Å². The maximum Gasteiger partial charge on any atom is 0.329 e. The molecule has 2 aliphatic heterocycles. The molecule has 9 heteroatoms. The van der Waals surface area contributed by atoms with Crippen molar-refractivity contribution < 1.29 is 23.9 Å². The highest BCUT2D eigenvalue weighted by molar-refractivity contribution is 6.01. The molecule has 196 valence electrons. The van der Waals surface area contributed by atoms with Crippen LogP contribution in [0.4, 0.5) is 16.2 Å². The number of urea groups is 1. The van der Waals surface area contributed by atoms with Crippen LogP contribution in [-0.2, 0) is 4.79 Å². The topological polar surface area (TPSA) is 107 Å².